The Morgan fingerprint density at radius 2 is 2.00 bits per heavy atom. The number of hydrogen-bond acceptors (Lipinski definition) is 7. The van der Waals surface area contributed by atoms with Gasteiger partial charge in [-0.1, -0.05) is 35.7 Å². The molecule has 0 fully saturated rings. The van der Waals surface area contributed by atoms with Gasteiger partial charge in [0.2, 0.25) is 0 Å². The van der Waals surface area contributed by atoms with E-state index >= 15 is 0 Å². The summed E-state index contributed by atoms with van der Waals surface area (Å²) in [5, 5.41) is 31.8. The number of non-ortho nitro benzene ring substituents is 1. The van der Waals surface area contributed by atoms with Crippen molar-refractivity contribution >= 4 is 40.1 Å². The second-order valence-electron chi connectivity index (χ2n) is 4.48. The minimum atomic E-state index is -0.536. The molecule has 124 valence electrons. The molecular formula is C16H11N5O2S2. The Morgan fingerprint density at radius 1 is 1.24 bits per heavy atom. The van der Waals surface area contributed by atoms with Crippen LogP contribution in [0.15, 0.2) is 57.2 Å². The molecule has 2 aromatic carbocycles. The molecule has 0 aliphatic heterocycles. The number of amidine groups is 1. The fourth-order valence-electron chi connectivity index (χ4n) is 1.84. The average molecular weight is 369 g/mol. The molecular weight excluding hydrogens is 358 g/mol. The highest BCUT2D eigenvalue weighted by atomic mass is 32.2. The van der Waals surface area contributed by atoms with Gasteiger partial charge >= 0.3 is 0 Å². The van der Waals surface area contributed by atoms with Crippen LogP contribution in [0.4, 0.5) is 11.4 Å². The van der Waals surface area contributed by atoms with Crippen molar-refractivity contribution in [1.29, 1.82) is 10.5 Å². The quantitative estimate of drug-likeness (QED) is 0.216. The van der Waals surface area contributed by atoms with Gasteiger partial charge in [0.25, 0.3) is 5.69 Å². The van der Waals surface area contributed by atoms with Crippen LogP contribution in [0.5, 0.6) is 0 Å². The van der Waals surface area contributed by atoms with Crippen LogP contribution < -0.4 is 5.32 Å². The van der Waals surface area contributed by atoms with Crippen LogP contribution in [0.25, 0.3) is 0 Å². The summed E-state index contributed by atoms with van der Waals surface area (Å²) in [4.78, 5) is 16.1. The molecule has 0 atom stereocenters. The van der Waals surface area contributed by atoms with E-state index in [1.165, 1.54) is 35.7 Å². The number of hydrogen-bond donors (Lipinski definition) is 1. The summed E-state index contributed by atoms with van der Waals surface area (Å²) in [5.41, 5.74) is 0.718. The number of thioether (sulfide) groups is 1. The first-order chi connectivity index (χ1) is 12.1. The van der Waals surface area contributed by atoms with Crippen molar-refractivity contribution in [2.24, 2.45) is 4.99 Å². The number of para-hydroxylation sites is 1. The second-order valence-corrected chi connectivity index (χ2v) is 6.36. The topological polar surface area (TPSA) is 115 Å². The molecule has 0 saturated heterocycles. The summed E-state index contributed by atoms with van der Waals surface area (Å²) in [7, 11) is 0. The molecule has 0 amide bonds. The SMILES string of the molecule is CSC(=Nc1ccccc1Sc1ccc([N+](=O)[O-])cc1C#N)NC#N. The Hall–Kier alpha value is -3.01. The summed E-state index contributed by atoms with van der Waals surface area (Å²) in [5.74, 6) is 0. The molecule has 0 aliphatic rings. The molecule has 0 aliphatic carbocycles. The molecule has 0 saturated carbocycles. The van der Waals surface area contributed by atoms with Gasteiger partial charge in [0, 0.05) is 21.9 Å². The predicted octanol–water partition coefficient (Wildman–Crippen LogP) is 4.04. The number of aliphatic imine (C=N–C) groups is 1. The summed E-state index contributed by atoms with van der Waals surface area (Å²) in [6, 6.07) is 13.4. The maximum absolute atomic E-state index is 10.8. The van der Waals surface area contributed by atoms with E-state index in [-0.39, 0.29) is 11.3 Å². The molecule has 0 heterocycles. The number of nitriles is 2. The van der Waals surface area contributed by atoms with E-state index in [1.54, 1.807) is 18.4 Å². The normalized spacial score (nSPS) is 10.6. The van der Waals surface area contributed by atoms with Crippen LogP contribution in [-0.4, -0.2) is 16.3 Å². The highest BCUT2D eigenvalue weighted by Gasteiger charge is 2.13. The molecule has 25 heavy (non-hydrogen) atoms. The molecule has 2 aromatic rings. The minimum Gasteiger partial charge on any atom is -0.271 e. The van der Waals surface area contributed by atoms with E-state index in [1.807, 2.05) is 30.5 Å². The maximum atomic E-state index is 10.8. The first-order valence-corrected chi connectivity index (χ1v) is 8.86. The Bertz CT molecular complexity index is 915. The maximum Gasteiger partial charge on any atom is 0.270 e. The standard InChI is InChI=1S/C16H11N5O2S2/c1-24-16(19-10-18)20-13-4-2-3-5-15(13)25-14-7-6-12(21(22)23)8-11(14)9-17/h2-8H,1H3,(H,19,20). The first-order valence-electron chi connectivity index (χ1n) is 6.82. The number of nitro benzene ring substituents is 1. The number of nitro groups is 1. The van der Waals surface area contributed by atoms with Gasteiger partial charge in [0.1, 0.15) is 6.07 Å². The van der Waals surface area contributed by atoms with Gasteiger partial charge in [-0.3, -0.25) is 15.4 Å². The molecule has 0 bridgehead atoms. The highest BCUT2D eigenvalue weighted by molar-refractivity contribution is 8.13. The van der Waals surface area contributed by atoms with Crippen LogP contribution in [0.3, 0.4) is 0 Å². The third-order valence-electron chi connectivity index (χ3n) is 2.96. The van der Waals surface area contributed by atoms with E-state index in [0.29, 0.717) is 15.8 Å². The number of benzene rings is 2. The summed E-state index contributed by atoms with van der Waals surface area (Å²) in [6.45, 7) is 0. The Kier molecular flexibility index (Phi) is 6.40. The van der Waals surface area contributed by atoms with Gasteiger partial charge in [-0.05, 0) is 24.5 Å². The van der Waals surface area contributed by atoms with Gasteiger partial charge in [-0.2, -0.15) is 10.5 Å². The van der Waals surface area contributed by atoms with Gasteiger partial charge in [-0.15, -0.1) is 0 Å². The van der Waals surface area contributed by atoms with Crippen LogP contribution in [0.2, 0.25) is 0 Å². The lowest BCUT2D eigenvalue weighted by atomic mass is 10.2. The summed E-state index contributed by atoms with van der Waals surface area (Å²) < 4.78 is 0. The molecule has 0 aromatic heterocycles. The molecule has 2 rings (SSSR count). The molecule has 0 spiro atoms. The van der Waals surface area contributed by atoms with Gasteiger partial charge < -0.3 is 0 Å². The van der Waals surface area contributed by atoms with Crippen molar-refractivity contribution in [1.82, 2.24) is 5.32 Å². The number of nitrogens with zero attached hydrogens (tertiary/aromatic N) is 4. The highest BCUT2D eigenvalue weighted by Crippen LogP contribution is 2.37. The largest absolute Gasteiger partial charge is 0.271 e. The van der Waals surface area contributed by atoms with Crippen molar-refractivity contribution in [3.63, 3.8) is 0 Å². The fourth-order valence-corrected chi connectivity index (χ4v) is 3.13. The molecule has 1 N–H and O–H groups in total. The first kappa shape index (κ1) is 18.3. The van der Waals surface area contributed by atoms with Crippen LogP contribution >= 0.6 is 23.5 Å². The zero-order valence-corrected chi connectivity index (χ0v) is 14.6. The van der Waals surface area contributed by atoms with Crippen LogP contribution in [0.1, 0.15) is 5.56 Å². The third kappa shape index (κ3) is 4.73. The molecule has 9 heteroatoms. The Morgan fingerprint density at radius 3 is 2.64 bits per heavy atom. The van der Waals surface area contributed by atoms with Crippen LogP contribution in [-0.2, 0) is 0 Å². The minimum absolute atomic E-state index is 0.130. The van der Waals surface area contributed by atoms with Crippen molar-refractivity contribution < 1.29 is 4.92 Å². The van der Waals surface area contributed by atoms with E-state index in [2.05, 4.69) is 10.3 Å². The fraction of sp³-hybridized carbons (Fsp3) is 0.0625. The molecule has 0 unspecified atom stereocenters. The van der Waals surface area contributed by atoms with Gasteiger partial charge in [-0.25, -0.2) is 4.99 Å². The van der Waals surface area contributed by atoms with Crippen molar-refractivity contribution in [2.45, 2.75) is 9.79 Å². The summed E-state index contributed by atoms with van der Waals surface area (Å²) in [6.07, 6.45) is 3.62. The lowest BCUT2D eigenvalue weighted by molar-refractivity contribution is -0.384. The number of nitrogens with one attached hydrogen (secondary N) is 1. The lowest BCUT2D eigenvalue weighted by Gasteiger charge is -2.08. The van der Waals surface area contributed by atoms with E-state index in [9.17, 15) is 15.4 Å². The predicted molar refractivity (Wildman–Crippen MR) is 97.7 cm³/mol. The smallest absolute Gasteiger partial charge is 0.270 e. The lowest BCUT2D eigenvalue weighted by Crippen LogP contribution is -2.12. The van der Waals surface area contributed by atoms with E-state index < -0.39 is 4.92 Å². The Balaban J connectivity index is 2.41. The van der Waals surface area contributed by atoms with E-state index in [4.69, 9.17) is 5.26 Å². The van der Waals surface area contributed by atoms with Crippen molar-refractivity contribution in [3.8, 4) is 12.3 Å². The summed E-state index contributed by atoms with van der Waals surface area (Å²) >= 11 is 2.58. The molecule has 7 nitrogen and oxygen atoms in total. The zero-order chi connectivity index (χ0) is 18.2. The Labute approximate surface area is 152 Å². The number of rotatable bonds is 4. The second kappa shape index (κ2) is 8.73. The average Bonchev–Trinajstić information content (AvgIpc) is 2.62. The van der Waals surface area contributed by atoms with Crippen molar-refractivity contribution in [2.75, 3.05) is 6.26 Å². The van der Waals surface area contributed by atoms with Gasteiger partial charge in [0.15, 0.2) is 11.4 Å². The van der Waals surface area contributed by atoms with Crippen LogP contribution in [0, 0.1) is 32.9 Å². The third-order valence-corrected chi connectivity index (χ3v) is 4.68. The van der Waals surface area contributed by atoms with Gasteiger partial charge in [0.05, 0.1) is 16.2 Å². The van der Waals surface area contributed by atoms with E-state index in [0.717, 1.165) is 4.90 Å². The molecule has 0 radical (unpaired) electrons. The monoisotopic (exact) mass is 369 g/mol. The van der Waals surface area contributed by atoms with Crippen molar-refractivity contribution in [3.05, 3.63) is 58.1 Å². The zero-order valence-electron chi connectivity index (χ0n) is 13.0.